The van der Waals surface area contributed by atoms with Gasteiger partial charge in [0.15, 0.2) is 0 Å². The van der Waals surface area contributed by atoms with E-state index in [-0.39, 0.29) is 15.8 Å². The van der Waals surface area contributed by atoms with E-state index in [0.29, 0.717) is 23.7 Å². The molecule has 0 radical (unpaired) electrons. The van der Waals surface area contributed by atoms with Gasteiger partial charge < -0.3 is 0 Å². The minimum atomic E-state index is -3.59. The zero-order valence-electron chi connectivity index (χ0n) is 10.6. The SMILES string of the molecule is O=S(=O)(c1cc(CCl)c(Cl)cc1Cl)N1CCCSCC1. The van der Waals surface area contributed by atoms with Crippen LogP contribution < -0.4 is 0 Å². The fourth-order valence-corrected chi connectivity index (χ4v) is 5.58. The van der Waals surface area contributed by atoms with Crippen molar-refractivity contribution >= 4 is 56.6 Å². The Bertz CT molecular complexity index is 585. The van der Waals surface area contributed by atoms with Crippen molar-refractivity contribution in [2.75, 3.05) is 24.6 Å². The molecule has 0 bridgehead atoms. The van der Waals surface area contributed by atoms with E-state index in [1.54, 1.807) is 11.8 Å². The van der Waals surface area contributed by atoms with Gasteiger partial charge in [-0.3, -0.25) is 0 Å². The molecule has 1 aromatic carbocycles. The van der Waals surface area contributed by atoms with E-state index >= 15 is 0 Å². The van der Waals surface area contributed by atoms with Crippen LogP contribution in [0.1, 0.15) is 12.0 Å². The van der Waals surface area contributed by atoms with Crippen LogP contribution in [-0.4, -0.2) is 37.3 Å². The zero-order chi connectivity index (χ0) is 14.8. The highest BCUT2D eigenvalue weighted by molar-refractivity contribution is 7.99. The van der Waals surface area contributed by atoms with Gasteiger partial charge in [-0.05, 0) is 29.9 Å². The molecule has 0 atom stereocenters. The molecule has 20 heavy (non-hydrogen) atoms. The smallest absolute Gasteiger partial charge is 0.207 e. The van der Waals surface area contributed by atoms with E-state index in [2.05, 4.69) is 0 Å². The van der Waals surface area contributed by atoms with Gasteiger partial charge in [0.1, 0.15) is 4.90 Å². The summed E-state index contributed by atoms with van der Waals surface area (Å²) >= 11 is 19.6. The van der Waals surface area contributed by atoms with Gasteiger partial charge in [0.2, 0.25) is 10.0 Å². The zero-order valence-corrected chi connectivity index (χ0v) is 14.5. The fraction of sp³-hybridized carbons (Fsp3) is 0.500. The molecule has 0 aliphatic carbocycles. The number of alkyl halides is 1. The number of halogens is 3. The maximum atomic E-state index is 12.7. The Morgan fingerprint density at radius 1 is 1.15 bits per heavy atom. The van der Waals surface area contributed by atoms with Crippen molar-refractivity contribution < 1.29 is 8.42 Å². The largest absolute Gasteiger partial charge is 0.244 e. The molecule has 0 amide bonds. The normalized spacial score (nSPS) is 17.9. The fourth-order valence-electron chi connectivity index (χ4n) is 1.97. The number of thioether (sulfide) groups is 1. The highest BCUT2D eigenvalue weighted by Gasteiger charge is 2.28. The van der Waals surface area contributed by atoms with Crippen LogP contribution in [0.15, 0.2) is 17.0 Å². The molecule has 1 aliphatic rings. The Kier molecular flexibility index (Phi) is 5.91. The minimum absolute atomic E-state index is 0.0890. The molecule has 1 aliphatic heterocycles. The van der Waals surface area contributed by atoms with Crippen molar-refractivity contribution in [2.24, 2.45) is 0 Å². The maximum absolute atomic E-state index is 12.7. The standard InChI is InChI=1S/C12H14Cl3NO2S2/c13-8-9-6-12(11(15)7-10(9)14)20(17,18)16-2-1-4-19-5-3-16/h6-7H,1-5,8H2. The molecule has 0 spiro atoms. The second kappa shape index (κ2) is 7.07. The Morgan fingerprint density at radius 2 is 1.90 bits per heavy atom. The van der Waals surface area contributed by atoms with Crippen molar-refractivity contribution in [1.29, 1.82) is 0 Å². The number of benzene rings is 1. The third kappa shape index (κ3) is 3.57. The average molecular weight is 375 g/mol. The minimum Gasteiger partial charge on any atom is -0.207 e. The van der Waals surface area contributed by atoms with Crippen LogP contribution in [0.2, 0.25) is 10.0 Å². The van der Waals surface area contributed by atoms with Gasteiger partial charge in [0, 0.05) is 29.7 Å². The molecule has 1 saturated heterocycles. The van der Waals surface area contributed by atoms with Gasteiger partial charge in [-0.1, -0.05) is 23.2 Å². The summed E-state index contributed by atoms with van der Waals surface area (Å²) in [5.41, 5.74) is 0.570. The van der Waals surface area contributed by atoms with Crippen molar-refractivity contribution in [3.63, 3.8) is 0 Å². The quantitative estimate of drug-likeness (QED) is 0.754. The molecule has 0 N–H and O–H groups in total. The Morgan fingerprint density at radius 3 is 2.60 bits per heavy atom. The van der Waals surface area contributed by atoms with E-state index in [1.165, 1.54) is 16.4 Å². The molecular formula is C12H14Cl3NO2S2. The van der Waals surface area contributed by atoms with Gasteiger partial charge in [-0.25, -0.2) is 8.42 Å². The summed E-state index contributed by atoms with van der Waals surface area (Å²) in [6, 6.07) is 2.92. The first kappa shape index (κ1) is 16.7. The van der Waals surface area contributed by atoms with Gasteiger partial charge in [-0.2, -0.15) is 16.1 Å². The monoisotopic (exact) mass is 373 g/mol. The second-order valence-corrected chi connectivity index (χ2v) is 8.59. The summed E-state index contributed by atoms with van der Waals surface area (Å²) < 4.78 is 26.9. The summed E-state index contributed by atoms with van der Waals surface area (Å²) in [7, 11) is -3.59. The van der Waals surface area contributed by atoms with E-state index in [9.17, 15) is 8.42 Å². The first-order valence-corrected chi connectivity index (χ1v) is 9.97. The molecule has 0 saturated carbocycles. The van der Waals surface area contributed by atoms with E-state index in [0.717, 1.165) is 17.9 Å². The van der Waals surface area contributed by atoms with Crippen LogP contribution in [0.4, 0.5) is 0 Å². The van der Waals surface area contributed by atoms with Crippen molar-refractivity contribution in [1.82, 2.24) is 4.31 Å². The number of rotatable bonds is 3. The average Bonchev–Trinajstić information content (AvgIpc) is 2.67. The summed E-state index contributed by atoms with van der Waals surface area (Å²) in [5, 5.41) is 0.524. The Balaban J connectivity index is 2.42. The molecule has 0 aromatic heterocycles. The van der Waals surface area contributed by atoms with E-state index in [4.69, 9.17) is 34.8 Å². The van der Waals surface area contributed by atoms with Crippen LogP contribution >= 0.6 is 46.6 Å². The first-order valence-electron chi connectivity index (χ1n) is 6.08. The van der Waals surface area contributed by atoms with E-state index in [1.807, 2.05) is 0 Å². The second-order valence-electron chi connectivity index (χ2n) is 4.38. The lowest BCUT2D eigenvalue weighted by Crippen LogP contribution is -2.33. The Hall–Kier alpha value is 0.350. The maximum Gasteiger partial charge on any atom is 0.244 e. The van der Waals surface area contributed by atoms with Crippen LogP contribution in [0.25, 0.3) is 0 Å². The molecule has 112 valence electrons. The van der Waals surface area contributed by atoms with Crippen LogP contribution in [0, 0.1) is 0 Å². The summed E-state index contributed by atoms with van der Waals surface area (Å²) in [4.78, 5) is 0.0890. The van der Waals surface area contributed by atoms with Crippen LogP contribution in [-0.2, 0) is 15.9 Å². The molecule has 3 nitrogen and oxygen atoms in total. The van der Waals surface area contributed by atoms with Gasteiger partial charge >= 0.3 is 0 Å². The van der Waals surface area contributed by atoms with Crippen LogP contribution in [0.3, 0.4) is 0 Å². The summed E-state index contributed by atoms with van der Waals surface area (Å²) in [5.74, 6) is 1.93. The molecule has 1 fully saturated rings. The number of sulfonamides is 1. The predicted octanol–water partition coefficient (Wildman–Crippen LogP) is 3.86. The van der Waals surface area contributed by atoms with Crippen molar-refractivity contribution in [2.45, 2.75) is 17.2 Å². The number of hydrogen-bond acceptors (Lipinski definition) is 3. The van der Waals surface area contributed by atoms with Crippen molar-refractivity contribution in [3.8, 4) is 0 Å². The first-order chi connectivity index (χ1) is 9.46. The van der Waals surface area contributed by atoms with E-state index < -0.39 is 10.0 Å². The lowest BCUT2D eigenvalue weighted by Gasteiger charge is -2.21. The number of hydrogen-bond donors (Lipinski definition) is 0. The number of nitrogens with zero attached hydrogens (tertiary/aromatic N) is 1. The summed E-state index contributed by atoms with van der Waals surface area (Å²) in [6.07, 6.45) is 0.845. The lowest BCUT2D eigenvalue weighted by molar-refractivity contribution is 0.435. The van der Waals surface area contributed by atoms with Gasteiger partial charge in [-0.15, -0.1) is 11.6 Å². The molecule has 0 unspecified atom stereocenters. The molecule has 2 rings (SSSR count). The highest BCUT2D eigenvalue weighted by Crippen LogP contribution is 2.32. The molecule has 1 heterocycles. The topological polar surface area (TPSA) is 37.4 Å². The molecular weight excluding hydrogens is 361 g/mol. The molecule has 8 heteroatoms. The summed E-state index contributed by atoms with van der Waals surface area (Å²) in [6.45, 7) is 1.02. The highest BCUT2D eigenvalue weighted by atomic mass is 35.5. The Labute approximate surface area is 138 Å². The van der Waals surface area contributed by atoms with Crippen molar-refractivity contribution in [3.05, 3.63) is 27.7 Å². The van der Waals surface area contributed by atoms with Crippen LogP contribution in [0.5, 0.6) is 0 Å². The lowest BCUT2D eigenvalue weighted by atomic mass is 10.2. The third-order valence-electron chi connectivity index (χ3n) is 3.04. The van der Waals surface area contributed by atoms with Gasteiger partial charge in [0.05, 0.1) is 5.02 Å². The third-order valence-corrected chi connectivity index (χ3v) is 7.10. The predicted molar refractivity (Wildman–Crippen MR) is 86.7 cm³/mol. The van der Waals surface area contributed by atoms with Gasteiger partial charge in [0.25, 0.3) is 0 Å². The molecule has 1 aromatic rings.